The van der Waals surface area contributed by atoms with E-state index in [1.165, 1.54) is 58.0 Å². The third-order valence-electron chi connectivity index (χ3n) is 6.92. The van der Waals surface area contributed by atoms with E-state index in [0.29, 0.717) is 5.56 Å². The van der Waals surface area contributed by atoms with Gasteiger partial charge in [-0.2, -0.15) is 0 Å². The van der Waals surface area contributed by atoms with Gasteiger partial charge in [-0.3, -0.25) is 9.69 Å². The zero-order chi connectivity index (χ0) is 20.8. The lowest BCUT2D eigenvalue weighted by molar-refractivity contribution is 0.108. The van der Waals surface area contributed by atoms with Crippen LogP contribution in [0.2, 0.25) is 0 Å². The van der Waals surface area contributed by atoms with Gasteiger partial charge in [-0.05, 0) is 84.8 Å². The molecule has 0 N–H and O–H groups in total. The predicted octanol–water partition coefficient (Wildman–Crippen LogP) is 6.40. The van der Waals surface area contributed by atoms with E-state index in [1.54, 1.807) is 12.1 Å². The van der Waals surface area contributed by atoms with Crippen molar-refractivity contribution in [3.63, 3.8) is 0 Å². The molecule has 0 aromatic heterocycles. The molecule has 0 amide bonds. The number of piperidine rings is 1. The van der Waals surface area contributed by atoms with Crippen LogP contribution in [0.1, 0.15) is 55.3 Å². The Morgan fingerprint density at radius 3 is 2.00 bits per heavy atom. The summed E-state index contributed by atoms with van der Waals surface area (Å²) in [5.74, 6) is 2.87. The van der Waals surface area contributed by atoms with Gasteiger partial charge in [0.2, 0.25) is 0 Å². The molecular formula is C26H32ClNO2. The van der Waals surface area contributed by atoms with E-state index in [2.05, 4.69) is 17.0 Å². The number of rotatable bonds is 7. The van der Waals surface area contributed by atoms with Crippen LogP contribution in [-0.4, -0.2) is 36.4 Å². The van der Waals surface area contributed by atoms with Gasteiger partial charge >= 0.3 is 0 Å². The molecular weight excluding hydrogens is 394 g/mol. The average molecular weight is 426 g/mol. The monoisotopic (exact) mass is 425 g/mol. The maximum atomic E-state index is 11.2. The summed E-state index contributed by atoms with van der Waals surface area (Å²) in [7, 11) is 0. The minimum Gasteiger partial charge on any atom is -0.492 e. The topological polar surface area (TPSA) is 29.5 Å². The van der Waals surface area contributed by atoms with Gasteiger partial charge in [0, 0.05) is 12.1 Å². The number of nitrogens with zero attached hydrogens (tertiary/aromatic N) is 1. The smallest absolute Gasteiger partial charge is 0.252 e. The Balaban J connectivity index is 1.20. The number of carbonyl (C=O) groups excluding carboxylic acids is 1. The average Bonchev–Trinajstić information content (AvgIpc) is 2.81. The Kier molecular flexibility index (Phi) is 7.46. The summed E-state index contributed by atoms with van der Waals surface area (Å²) in [4.78, 5) is 13.7. The van der Waals surface area contributed by atoms with Crippen LogP contribution < -0.4 is 4.74 Å². The highest BCUT2D eigenvalue weighted by Crippen LogP contribution is 2.35. The van der Waals surface area contributed by atoms with Crippen LogP contribution >= 0.6 is 11.6 Å². The quantitative estimate of drug-likeness (QED) is 0.480. The predicted molar refractivity (Wildman–Crippen MR) is 123 cm³/mol. The van der Waals surface area contributed by atoms with Crippen molar-refractivity contribution in [1.29, 1.82) is 0 Å². The van der Waals surface area contributed by atoms with Gasteiger partial charge in [0.1, 0.15) is 12.4 Å². The maximum absolute atomic E-state index is 11.2. The fourth-order valence-electron chi connectivity index (χ4n) is 5.08. The number of halogens is 1. The third-order valence-corrected chi connectivity index (χ3v) is 7.14. The summed E-state index contributed by atoms with van der Waals surface area (Å²) in [6.45, 7) is 4.20. The summed E-state index contributed by atoms with van der Waals surface area (Å²) in [6.07, 6.45) is 10.0. The Hall–Kier alpha value is -1.84. The molecule has 3 nitrogen and oxygen atoms in total. The summed E-state index contributed by atoms with van der Waals surface area (Å²) >= 11 is 5.51. The van der Waals surface area contributed by atoms with Gasteiger partial charge in [-0.1, -0.05) is 56.4 Å². The summed E-state index contributed by atoms with van der Waals surface area (Å²) < 4.78 is 5.99. The number of carbonyl (C=O) groups is 1. The molecule has 0 radical (unpaired) electrons. The van der Waals surface area contributed by atoms with Crippen molar-refractivity contribution >= 4 is 16.8 Å². The maximum Gasteiger partial charge on any atom is 0.252 e. The number of hydrogen-bond acceptors (Lipinski definition) is 3. The first kappa shape index (κ1) is 21.4. The lowest BCUT2D eigenvalue weighted by Crippen LogP contribution is -2.38. The molecule has 2 fully saturated rings. The van der Waals surface area contributed by atoms with Gasteiger partial charge in [0.05, 0.1) is 0 Å². The second-order valence-electron chi connectivity index (χ2n) is 8.80. The minimum atomic E-state index is -0.427. The normalized spacial score (nSPS) is 19.0. The van der Waals surface area contributed by atoms with Crippen LogP contribution in [0.4, 0.5) is 0 Å². The van der Waals surface area contributed by atoms with E-state index >= 15 is 0 Å². The molecule has 1 aliphatic heterocycles. The standard InChI is InChI=1S/C26H32ClNO2/c27-26(29)24-8-6-21(7-9-24)22-10-12-25(13-11-22)30-19-18-28-16-14-23(15-17-28)20-4-2-1-3-5-20/h6-13,20,23H,1-5,14-19H2. The zero-order valence-corrected chi connectivity index (χ0v) is 18.4. The molecule has 30 heavy (non-hydrogen) atoms. The Morgan fingerprint density at radius 1 is 0.833 bits per heavy atom. The van der Waals surface area contributed by atoms with Crippen LogP contribution in [0.25, 0.3) is 11.1 Å². The number of hydrogen-bond donors (Lipinski definition) is 0. The van der Waals surface area contributed by atoms with Crippen LogP contribution in [0.5, 0.6) is 5.75 Å². The van der Waals surface area contributed by atoms with Crippen molar-refractivity contribution in [2.75, 3.05) is 26.2 Å². The molecule has 1 saturated heterocycles. The molecule has 2 aliphatic rings. The summed E-state index contributed by atoms with van der Waals surface area (Å²) in [5.41, 5.74) is 2.67. The highest BCUT2D eigenvalue weighted by Gasteiger charge is 2.27. The Bertz CT molecular complexity index is 804. The molecule has 1 saturated carbocycles. The third kappa shape index (κ3) is 5.65. The van der Waals surface area contributed by atoms with Gasteiger partial charge < -0.3 is 4.74 Å². The Labute approximate surface area is 185 Å². The van der Waals surface area contributed by atoms with Crippen molar-refractivity contribution in [1.82, 2.24) is 4.90 Å². The van der Waals surface area contributed by atoms with E-state index in [1.807, 2.05) is 24.3 Å². The largest absolute Gasteiger partial charge is 0.492 e. The van der Waals surface area contributed by atoms with Crippen molar-refractivity contribution in [2.45, 2.75) is 44.9 Å². The first-order valence-corrected chi connectivity index (χ1v) is 11.8. The molecule has 0 bridgehead atoms. The van der Waals surface area contributed by atoms with Gasteiger partial charge in [-0.25, -0.2) is 0 Å². The van der Waals surface area contributed by atoms with Crippen molar-refractivity contribution < 1.29 is 9.53 Å². The minimum absolute atomic E-state index is 0.427. The SMILES string of the molecule is O=C(Cl)c1ccc(-c2ccc(OCCN3CCC(C4CCCCC4)CC3)cc2)cc1. The molecule has 0 spiro atoms. The van der Waals surface area contributed by atoms with Gasteiger partial charge in [-0.15, -0.1) is 0 Å². The molecule has 4 heteroatoms. The number of benzene rings is 2. The lowest BCUT2D eigenvalue weighted by atomic mass is 9.76. The van der Waals surface area contributed by atoms with E-state index in [0.717, 1.165) is 41.9 Å². The molecule has 2 aromatic rings. The fourth-order valence-corrected chi connectivity index (χ4v) is 5.21. The zero-order valence-electron chi connectivity index (χ0n) is 17.7. The van der Waals surface area contributed by atoms with Crippen LogP contribution in [0.15, 0.2) is 48.5 Å². The molecule has 1 aliphatic carbocycles. The van der Waals surface area contributed by atoms with Crippen molar-refractivity contribution in [3.8, 4) is 16.9 Å². The highest BCUT2D eigenvalue weighted by atomic mass is 35.5. The molecule has 1 heterocycles. The first-order chi connectivity index (χ1) is 14.7. The van der Waals surface area contributed by atoms with E-state index < -0.39 is 5.24 Å². The van der Waals surface area contributed by atoms with Crippen LogP contribution in [0.3, 0.4) is 0 Å². The van der Waals surface area contributed by atoms with Crippen LogP contribution in [-0.2, 0) is 0 Å². The fraction of sp³-hybridized carbons (Fsp3) is 0.500. The van der Waals surface area contributed by atoms with Crippen molar-refractivity contribution in [3.05, 3.63) is 54.1 Å². The molecule has 0 atom stereocenters. The molecule has 160 valence electrons. The summed E-state index contributed by atoms with van der Waals surface area (Å²) in [5, 5.41) is -0.427. The van der Waals surface area contributed by atoms with E-state index in [9.17, 15) is 4.79 Å². The highest BCUT2D eigenvalue weighted by molar-refractivity contribution is 6.67. The number of ether oxygens (including phenoxy) is 1. The molecule has 2 aromatic carbocycles. The molecule has 4 rings (SSSR count). The van der Waals surface area contributed by atoms with Crippen LogP contribution in [0, 0.1) is 11.8 Å². The van der Waals surface area contributed by atoms with Gasteiger partial charge in [0.25, 0.3) is 5.24 Å². The number of likely N-dealkylation sites (tertiary alicyclic amines) is 1. The Morgan fingerprint density at radius 2 is 1.40 bits per heavy atom. The molecule has 0 unspecified atom stereocenters. The lowest BCUT2D eigenvalue weighted by Gasteiger charge is -2.37. The van der Waals surface area contributed by atoms with E-state index in [4.69, 9.17) is 16.3 Å². The first-order valence-electron chi connectivity index (χ1n) is 11.4. The van der Waals surface area contributed by atoms with E-state index in [-0.39, 0.29) is 0 Å². The summed E-state index contributed by atoms with van der Waals surface area (Å²) in [6, 6.07) is 15.5. The second kappa shape index (κ2) is 10.5. The van der Waals surface area contributed by atoms with Crippen molar-refractivity contribution in [2.24, 2.45) is 11.8 Å². The van der Waals surface area contributed by atoms with Gasteiger partial charge in [0.15, 0.2) is 0 Å². The second-order valence-corrected chi connectivity index (χ2v) is 9.14.